The Morgan fingerprint density at radius 1 is 1.26 bits per heavy atom. The van der Waals surface area contributed by atoms with E-state index in [-0.39, 0.29) is 11.8 Å². The molecule has 1 aromatic carbocycles. The van der Waals surface area contributed by atoms with Crippen molar-refractivity contribution in [1.29, 1.82) is 0 Å². The molecule has 1 aliphatic heterocycles. The number of hydrogen-bond donors (Lipinski definition) is 0. The lowest BCUT2D eigenvalue weighted by atomic mass is 9.97. The number of aromatic nitrogens is 4. The van der Waals surface area contributed by atoms with Crippen molar-refractivity contribution in [3.8, 4) is 5.69 Å². The molecule has 1 aliphatic rings. The number of piperidine rings is 1. The molecule has 1 amide bonds. The summed E-state index contributed by atoms with van der Waals surface area (Å²) in [4.78, 5) is 16.0. The first kappa shape index (κ1) is 15.5. The van der Waals surface area contributed by atoms with Crippen molar-refractivity contribution in [1.82, 2.24) is 25.1 Å². The molecule has 0 aliphatic carbocycles. The third-order valence-corrected chi connectivity index (χ3v) is 4.23. The van der Waals surface area contributed by atoms with Gasteiger partial charge in [0.1, 0.15) is 0 Å². The first-order chi connectivity index (χ1) is 11.1. The van der Waals surface area contributed by atoms with Crippen molar-refractivity contribution in [3.05, 3.63) is 29.8 Å². The second kappa shape index (κ2) is 6.36. The molecule has 0 radical (unpaired) electrons. The smallest absolute Gasteiger partial charge is 0.250 e. The molecule has 122 valence electrons. The number of nitrogens with zero attached hydrogens (tertiary/aromatic N) is 6. The normalized spacial score (nSPS) is 18.0. The molecule has 2 heterocycles. The minimum absolute atomic E-state index is 0.00178. The molecule has 0 saturated carbocycles. The maximum absolute atomic E-state index is 12.2. The Balaban J connectivity index is 1.84. The molecule has 0 spiro atoms. The number of rotatable bonds is 3. The number of aryl methyl sites for hydroxylation is 1. The maximum Gasteiger partial charge on any atom is 0.250 e. The number of carbonyl (C=O) groups excluding carboxylic acids is 1. The van der Waals surface area contributed by atoms with E-state index in [1.54, 1.807) is 23.7 Å². The number of anilines is 1. The number of hydrogen-bond acceptors (Lipinski definition) is 5. The summed E-state index contributed by atoms with van der Waals surface area (Å²) in [5, 5.41) is 12.1. The lowest BCUT2D eigenvalue weighted by molar-refractivity contribution is -0.133. The predicted octanol–water partition coefficient (Wildman–Crippen LogP) is 1.28. The molecule has 23 heavy (non-hydrogen) atoms. The Morgan fingerprint density at radius 3 is 2.70 bits per heavy atom. The summed E-state index contributed by atoms with van der Waals surface area (Å²) < 4.78 is 1.74. The van der Waals surface area contributed by atoms with Crippen molar-refractivity contribution in [2.24, 2.45) is 5.92 Å². The van der Waals surface area contributed by atoms with Gasteiger partial charge in [0.2, 0.25) is 11.9 Å². The first-order valence-corrected chi connectivity index (χ1v) is 7.88. The van der Waals surface area contributed by atoms with Gasteiger partial charge in [-0.3, -0.25) is 4.79 Å². The van der Waals surface area contributed by atoms with Crippen molar-refractivity contribution in [3.63, 3.8) is 0 Å². The lowest BCUT2D eigenvalue weighted by Gasteiger charge is -2.33. The van der Waals surface area contributed by atoms with Gasteiger partial charge in [0, 0.05) is 27.2 Å². The van der Waals surface area contributed by atoms with Crippen LogP contribution in [0.2, 0.25) is 0 Å². The summed E-state index contributed by atoms with van der Waals surface area (Å²) in [6.07, 6.45) is 1.88. The highest BCUT2D eigenvalue weighted by Crippen LogP contribution is 2.24. The van der Waals surface area contributed by atoms with Crippen LogP contribution in [0, 0.1) is 12.8 Å². The fourth-order valence-corrected chi connectivity index (χ4v) is 2.96. The summed E-state index contributed by atoms with van der Waals surface area (Å²) in [5.41, 5.74) is 2.12. The van der Waals surface area contributed by atoms with Crippen molar-refractivity contribution >= 4 is 11.9 Å². The monoisotopic (exact) mass is 314 g/mol. The van der Waals surface area contributed by atoms with Gasteiger partial charge in [-0.2, -0.15) is 4.68 Å². The van der Waals surface area contributed by atoms with Gasteiger partial charge in [-0.25, -0.2) is 0 Å². The lowest BCUT2D eigenvalue weighted by Crippen LogP contribution is -2.43. The third-order valence-electron chi connectivity index (χ3n) is 4.23. The van der Waals surface area contributed by atoms with Gasteiger partial charge in [-0.1, -0.05) is 22.8 Å². The summed E-state index contributed by atoms with van der Waals surface area (Å²) in [6, 6.07) is 8.08. The topological polar surface area (TPSA) is 67.2 Å². The number of tetrazole rings is 1. The van der Waals surface area contributed by atoms with Crippen LogP contribution in [0.5, 0.6) is 0 Å². The largest absolute Gasteiger partial charge is 0.349 e. The van der Waals surface area contributed by atoms with E-state index < -0.39 is 0 Å². The maximum atomic E-state index is 12.2. The fraction of sp³-hybridized carbons (Fsp3) is 0.500. The van der Waals surface area contributed by atoms with E-state index >= 15 is 0 Å². The zero-order valence-electron chi connectivity index (χ0n) is 13.8. The Kier molecular flexibility index (Phi) is 4.27. The molecule has 2 aromatic rings. The van der Waals surface area contributed by atoms with Crippen LogP contribution >= 0.6 is 0 Å². The molecule has 0 bridgehead atoms. The highest BCUT2D eigenvalue weighted by Gasteiger charge is 2.29. The van der Waals surface area contributed by atoms with Crippen molar-refractivity contribution in [2.45, 2.75) is 19.8 Å². The molecule has 1 aromatic heterocycles. The fourth-order valence-electron chi connectivity index (χ4n) is 2.96. The third kappa shape index (κ3) is 3.18. The first-order valence-electron chi connectivity index (χ1n) is 7.88. The van der Waals surface area contributed by atoms with Gasteiger partial charge in [0.25, 0.3) is 0 Å². The van der Waals surface area contributed by atoms with Gasteiger partial charge in [-0.05, 0) is 42.3 Å². The molecular weight excluding hydrogens is 292 g/mol. The van der Waals surface area contributed by atoms with Crippen molar-refractivity contribution < 1.29 is 4.79 Å². The number of carbonyl (C=O) groups is 1. The van der Waals surface area contributed by atoms with E-state index in [2.05, 4.69) is 20.4 Å². The average Bonchev–Trinajstić information content (AvgIpc) is 3.04. The van der Waals surface area contributed by atoms with Crippen molar-refractivity contribution in [2.75, 3.05) is 32.1 Å². The second-order valence-corrected chi connectivity index (χ2v) is 6.24. The molecule has 1 saturated heterocycles. The van der Waals surface area contributed by atoms with Crippen LogP contribution in [-0.4, -0.2) is 58.2 Å². The van der Waals surface area contributed by atoms with Gasteiger partial charge >= 0.3 is 0 Å². The van der Waals surface area contributed by atoms with Crippen LogP contribution < -0.4 is 4.90 Å². The quantitative estimate of drug-likeness (QED) is 0.853. The van der Waals surface area contributed by atoms with Crippen LogP contribution in [0.25, 0.3) is 5.69 Å². The van der Waals surface area contributed by atoms with Gasteiger partial charge in [-0.15, -0.1) is 0 Å². The summed E-state index contributed by atoms with van der Waals surface area (Å²) in [5.74, 6) is 0.871. The van der Waals surface area contributed by atoms with Crippen LogP contribution in [0.3, 0.4) is 0 Å². The minimum Gasteiger partial charge on any atom is -0.349 e. The van der Waals surface area contributed by atoms with Crippen LogP contribution in [0.1, 0.15) is 18.4 Å². The SMILES string of the molecule is Cc1ccc(-n2nnnc2N2CCC[C@H](C(=O)N(C)C)C2)cc1. The van der Waals surface area contributed by atoms with E-state index in [9.17, 15) is 4.79 Å². The molecule has 0 N–H and O–H groups in total. The molecule has 3 rings (SSSR count). The Labute approximate surface area is 135 Å². The molecule has 7 nitrogen and oxygen atoms in total. The summed E-state index contributed by atoms with van der Waals surface area (Å²) in [7, 11) is 3.61. The highest BCUT2D eigenvalue weighted by atomic mass is 16.2. The van der Waals surface area contributed by atoms with Crippen LogP contribution in [0.15, 0.2) is 24.3 Å². The number of amides is 1. The molecule has 0 unspecified atom stereocenters. The second-order valence-electron chi connectivity index (χ2n) is 6.24. The zero-order chi connectivity index (χ0) is 16.4. The van der Waals surface area contributed by atoms with E-state index in [0.29, 0.717) is 12.5 Å². The Morgan fingerprint density at radius 2 is 2.00 bits per heavy atom. The van der Waals surface area contributed by atoms with Gasteiger partial charge < -0.3 is 9.80 Å². The zero-order valence-corrected chi connectivity index (χ0v) is 13.8. The Bertz CT molecular complexity index is 678. The molecule has 1 atom stereocenters. The standard InChI is InChI=1S/C16H22N6O/c1-12-6-8-14(9-7-12)22-16(17-18-19-22)21-10-4-5-13(11-21)15(23)20(2)3/h6-9,13H,4-5,10-11H2,1-3H3/t13-/m0/s1. The molecular formula is C16H22N6O. The van der Waals surface area contributed by atoms with Crippen LogP contribution in [0.4, 0.5) is 5.95 Å². The average molecular weight is 314 g/mol. The summed E-state index contributed by atoms with van der Waals surface area (Å²) in [6.45, 7) is 3.57. The molecule has 7 heteroatoms. The minimum atomic E-state index is 0.00178. The highest BCUT2D eigenvalue weighted by molar-refractivity contribution is 5.79. The Hall–Kier alpha value is -2.44. The summed E-state index contributed by atoms with van der Waals surface area (Å²) >= 11 is 0. The van der Waals surface area contributed by atoms with E-state index in [1.165, 1.54) is 5.56 Å². The van der Waals surface area contributed by atoms with E-state index in [1.807, 2.05) is 31.2 Å². The van der Waals surface area contributed by atoms with E-state index in [4.69, 9.17) is 0 Å². The van der Waals surface area contributed by atoms with E-state index in [0.717, 1.165) is 25.1 Å². The van der Waals surface area contributed by atoms with Gasteiger partial charge in [0.15, 0.2) is 0 Å². The van der Waals surface area contributed by atoms with Gasteiger partial charge in [0.05, 0.1) is 11.6 Å². The molecule has 1 fully saturated rings. The number of benzene rings is 1. The predicted molar refractivity (Wildman–Crippen MR) is 87.5 cm³/mol. The van der Waals surface area contributed by atoms with Crippen LogP contribution in [-0.2, 0) is 4.79 Å².